The van der Waals surface area contributed by atoms with Crippen LogP contribution in [0, 0.1) is 5.82 Å². The number of halogens is 1. The molecule has 52 heavy (non-hydrogen) atoms. The number of anilines is 1. The van der Waals surface area contributed by atoms with Gasteiger partial charge in [0.05, 0.1) is 16.6 Å². The number of aromatic nitrogens is 3. The summed E-state index contributed by atoms with van der Waals surface area (Å²) in [5, 5.41) is 22.8. The summed E-state index contributed by atoms with van der Waals surface area (Å²) in [5.74, 6) is -0.490. The lowest BCUT2D eigenvalue weighted by Crippen LogP contribution is -2.22. The molecule has 0 saturated heterocycles. The predicted octanol–water partition coefficient (Wildman–Crippen LogP) is 7.54. The van der Waals surface area contributed by atoms with Crippen LogP contribution in [0.15, 0.2) is 42.5 Å². The molecule has 4 rings (SSSR count). The van der Waals surface area contributed by atoms with Gasteiger partial charge in [0.25, 0.3) is 5.91 Å². The number of carbonyl (C=O) groups is 2. The van der Waals surface area contributed by atoms with Crippen LogP contribution < -0.4 is 20.7 Å². The quantitative estimate of drug-likeness (QED) is 0.0433. The van der Waals surface area contributed by atoms with Gasteiger partial charge >= 0.3 is 6.09 Å². The van der Waals surface area contributed by atoms with Crippen LogP contribution in [0.3, 0.4) is 0 Å². The van der Waals surface area contributed by atoms with Gasteiger partial charge in [-0.05, 0) is 53.4 Å². The molecule has 0 aliphatic rings. The maximum absolute atomic E-state index is 15.7. The fourth-order valence-electron chi connectivity index (χ4n) is 5.40. The monoisotopic (exact) mass is 752 g/mol. The number of amides is 2. The summed E-state index contributed by atoms with van der Waals surface area (Å²) < 4.78 is 34.8. The molecule has 0 bridgehead atoms. The largest absolute Gasteiger partial charge is 0.465 e. The van der Waals surface area contributed by atoms with Crippen molar-refractivity contribution in [1.82, 2.24) is 25.4 Å². The molecule has 4 aromatic rings. The third-order valence-corrected chi connectivity index (χ3v) is 11.9. The van der Waals surface area contributed by atoms with E-state index in [0.29, 0.717) is 47.6 Å². The molecule has 12 nitrogen and oxygen atoms in total. The Bertz CT molecular complexity index is 1860. The third-order valence-electron chi connectivity index (χ3n) is 8.49. The zero-order chi connectivity index (χ0) is 38.1. The minimum Gasteiger partial charge on any atom is -0.465 e. The number of nitrogens with zero attached hydrogens (tertiary/aromatic N) is 3. The van der Waals surface area contributed by atoms with E-state index in [1.165, 1.54) is 13.1 Å². The Morgan fingerprint density at radius 3 is 2.19 bits per heavy atom. The molecule has 0 saturated carbocycles. The van der Waals surface area contributed by atoms with Crippen molar-refractivity contribution in [2.45, 2.75) is 84.5 Å². The number of hydrogen-bond acceptors (Lipinski definition) is 8. The van der Waals surface area contributed by atoms with E-state index in [9.17, 15) is 14.7 Å². The van der Waals surface area contributed by atoms with E-state index in [1.54, 1.807) is 16.8 Å². The number of ether oxygens (including phenoxy) is 3. The molecule has 0 fully saturated rings. The lowest BCUT2D eigenvalue weighted by atomic mass is 10.00. The Kier molecular flexibility index (Phi) is 14.0. The van der Waals surface area contributed by atoms with Gasteiger partial charge in [0, 0.05) is 55.1 Å². The van der Waals surface area contributed by atoms with Gasteiger partial charge in [-0.1, -0.05) is 70.5 Å². The first-order valence-corrected chi connectivity index (χ1v) is 25.0. The zero-order valence-electron chi connectivity index (χ0n) is 31.6. The maximum atomic E-state index is 15.7. The topological polar surface area (TPSA) is 149 Å². The van der Waals surface area contributed by atoms with Crippen LogP contribution in [-0.4, -0.2) is 75.1 Å². The summed E-state index contributed by atoms with van der Waals surface area (Å²) in [6.45, 7) is 17.1. The van der Waals surface area contributed by atoms with Gasteiger partial charge in [0.15, 0.2) is 24.1 Å². The highest BCUT2D eigenvalue weighted by Gasteiger charge is 2.24. The molecular weight excluding hydrogens is 700 g/mol. The average Bonchev–Trinajstić information content (AvgIpc) is 3.46. The highest BCUT2D eigenvalue weighted by molar-refractivity contribution is 6.76. The number of aryl methyl sites for hydroxylation is 1. The van der Waals surface area contributed by atoms with Gasteiger partial charge in [0.2, 0.25) is 0 Å². The molecule has 2 amide bonds. The van der Waals surface area contributed by atoms with Gasteiger partial charge in [-0.3, -0.25) is 4.79 Å². The van der Waals surface area contributed by atoms with Crippen LogP contribution in [0.5, 0.6) is 5.75 Å². The second-order valence-electron chi connectivity index (χ2n) is 15.1. The minimum absolute atomic E-state index is 0.0508. The highest BCUT2D eigenvalue weighted by Crippen LogP contribution is 2.35. The minimum atomic E-state index is -1.36. The first-order valence-electron chi connectivity index (χ1n) is 17.6. The Balaban J connectivity index is 1.78. The van der Waals surface area contributed by atoms with Gasteiger partial charge in [0.1, 0.15) is 12.5 Å². The number of carbonyl (C=O) groups excluding carboxylic acids is 1. The van der Waals surface area contributed by atoms with Crippen LogP contribution in [0.25, 0.3) is 22.2 Å². The second-order valence-corrected chi connectivity index (χ2v) is 26.3. The van der Waals surface area contributed by atoms with Crippen molar-refractivity contribution in [2.75, 3.05) is 32.4 Å². The fraction of sp³-hybridized carbons (Fsp3) is 0.459. The van der Waals surface area contributed by atoms with E-state index >= 15 is 4.39 Å². The van der Waals surface area contributed by atoms with Crippen molar-refractivity contribution in [3.63, 3.8) is 0 Å². The first-order chi connectivity index (χ1) is 24.6. The normalized spacial score (nSPS) is 11.9. The summed E-state index contributed by atoms with van der Waals surface area (Å²) >= 11 is 0. The number of fused-ring (bicyclic) bond motifs is 1. The zero-order valence-corrected chi connectivity index (χ0v) is 33.6. The lowest BCUT2D eigenvalue weighted by Gasteiger charge is -2.17. The Morgan fingerprint density at radius 1 is 0.923 bits per heavy atom. The smallest absolute Gasteiger partial charge is 0.404 e. The van der Waals surface area contributed by atoms with Gasteiger partial charge in [-0.25, -0.2) is 18.9 Å². The van der Waals surface area contributed by atoms with Crippen LogP contribution >= 0.6 is 0 Å². The number of pyridine rings is 1. The van der Waals surface area contributed by atoms with E-state index in [1.807, 2.05) is 31.2 Å². The Morgan fingerprint density at radius 2 is 1.58 bits per heavy atom. The van der Waals surface area contributed by atoms with E-state index in [4.69, 9.17) is 19.2 Å². The van der Waals surface area contributed by atoms with Crippen LogP contribution in [0.2, 0.25) is 51.4 Å². The van der Waals surface area contributed by atoms with Crippen LogP contribution in [0.4, 0.5) is 15.0 Å². The number of nitrogens with one attached hydrogen (secondary N) is 3. The SMILES string of the molecule is CCc1cc(OCOCC[Si](C)(C)C)c(F)cc1-c1cc2c(c(NCc3ccccc3CNC(=O)O)n1)c(C(=O)NC)nn2COCC[Si](C)(C)C. The standard InChI is InChI=1S/C37H53FN6O6Si2/c1-9-25-18-32(50-24-49-15-17-52(6,7)8)29(38)19-28(25)30-20-31-33(34(36(45)39-2)43-44(31)23-48-14-16-51(3,4)5)35(42-30)40-21-26-12-10-11-13-27(26)22-41-37(46)47/h10-13,18-20,41H,9,14-17,21-24H2,1-8H3,(H,39,45)(H,40,42)(H,46,47). The number of rotatable bonds is 19. The summed E-state index contributed by atoms with van der Waals surface area (Å²) in [7, 11) is -1.09. The van der Waals surface area contributed by atoms with E-state index in [2.05, 4.69) is 60.3 Å². The maximum Gasteiger partial charge on any atom is 0.404 e. The van der Waals surface area contributed by atoms with Gasteiger partial charge < -0.3 is 35.3 Å². The average molecular weight is 753 g/mol. The second kappa shape index (κ2) is 17.9. The molecule has 0 aliphatic carbocycles. The summed E-state index contributed by atoms with van der Waals surface area (Å²) in [6.07, 6.45) is -0.560. The highest BCUT2D eigenvalue weighted by atomic mass is 28.3. The van der Waals surface area contributed by atoms with Crippen molar-refractivity contribution in [3.8, 4) is 17.0 Å². The summed E-state index contributed by atoms with van der Waals surface area (Å²) in [5.41, 5.74) is 4.19. The first kappa shape index (κ1) is 40.5. The number of hydrogen-bond donors (Lipinski definition) is 4. The lowest BCUT2D eigenvalue weighted by molar-refractivity contribution is 0.0197. The van der Waals surface area contributed by atoms with Crippen LogP contribution in [0.1, 0.15) is 34.1 Å². The van der Waals surface area contributed by atoms with Crippen LogP contribution in [-0.2, 0) is 35.7 Å². The Hall–Kier alpha value is -4.32. The number of carboxylic acid groups (broad SMARTS) is 1. The molecule has 2 aromatic carbocycles. The molecule has 0 radical (unpaired) electrons. The summed E-state index contributed by atoms with van der Waals surface area (Å²) in [6, 6.07) is 14.3. The molecule has 2 heterocycles. The Labute approximate surface area is 307 Å². The van der Waals surface area contributed by atoms with Crippen molar-refractivity contribution in [3.05, 3.63) is 70.7 Å². The van der Waals surface area contributed by atoms with E-state index < -0.39 is 34.0 Å². The molecule has 0 aliphatic heterocycles. The molecular formula is C37H53FN6O6Si2. The van der Waals surface area contributed by atoms with E-state index in [-0.39, 0.29) is 38.1 Å². The van der Waals surface area contributed by atoms with Gasteiger partial charge in [-0.15, -0.1) is 0 Å². The van der Waals surface area contributed by atoms with Crippen molar-refractivity contribution >= 4 is 44.9 Å². The summed E-state index contributed by atoms with van der Waals surface area (Å²) in [4.78, 5) is 29.4. The molecule has 0 spiro atoms. The molecule has 282 valence electrons. The number of benzene rings is 2. The van der Waals surface area contributed by atoms with Gasteiger partial charge in [-0.2, -0.15) is 5.10 Å². The fourth-order valence-corrected chi connectivity index (χ4v) is 6.91. The van der Waals surface area contributed by atoms with Crippen molar-refractivity contribution < 1.29 is 33.3 Å². The molecule has 4 N–H and O–H groups in total. The van der Waals surface area contributed by atoms with E-state index in [0.717, 1.165) is 28.8 Å². The predicted molar refractivity (Wildman–Crippen MR) is 208 cm³/mol. The van der Waals surface area contributed by atoms with Crippen molar-refractivity contribution in [2.24, 2.45) is 0 Å². The molecule has 15 heteroatoms. The molecule has 0 unspecified atom stereocenters. The van der Waals surface area contributed by atoms with Crippen molar-refractivity contribution in [1.29, 1.82) is 0 Å². The molecule has 0 atom stereocenters. The molecule has 2 aromatic heterocycles. The third kappa shape index (κ3) is 11.3.